The van der Waals surface area contributed by atoms with Crippen LogP contribution in [0.4, 0.5) is 0 Å². The second-order valence-electron chi connectivity index (χ2n) is 4.86. The van der Waals surface area contributed by atoms with Gasteiger partial charge in [-0.05, 0) is 35.4 Å². The van der Waals surface area contributed by atoms with Crippen LogP contribution in [0.15, 0.2) is 80.2 Å². The second-order valence-corrected chi connectivity index (χ2v) is 4.86. The van der Waals surface area contributed by atoms with Gasteiger partial charge in [0.25, 0.3) is 0 Å². The van der Waals surface area contributed by atoms with Crippen molar-refractivity contribution in [3.8, 4) is 0 Å². The zero-order valence-electron chi connectivity index (χ0n) is 12.9. The third-order valence-electron chi connectivity index (χ3n) is 3.08. The van der Waals surface area contributed by atoms with Gasteiger partial charge in [-0.1, -0.05) is 34.6 Å². The monoisotopic (exact) mass is 324 g/mol. The van der Waals surface area contributed by atoms with E-state index in [1.807, 2.05) is 24.3 Å². The summed E-state index contributed by atoms with van der Waals surface area (Å²) in [4.78, 5) is 10.4. The van der Waals surface area contributed by atoms with Crippen LogP contribution in [0.1, 0.15) is 22.6 Å². The largest absolute Gasteiger partial charge is 0.463 e. The molecule has 0 aliphatic carbocycles. The van der Waals surface area contributed by atoms with Crippen LogP contribution in [-0.2, 0) is 22.9 Å². The highest BCUT2D eigenvalue weighted by Crippen LogP contribution is 2.08. The van der Waals surface area contributed by atoms with E-state index in [1.165, 1.54) is 12.4 Å². The molecule has 0 unspecified atom stereocenters. The Labute approximate surface area is 139 Å². The zero-order valence-corrected chi connectivity index (χ0v) is 12.9. The summed E-state index contributed by atoms with van der Waals surface area (Å²) < 4.78 is 10.2. The molecule has 0 saturated heterocycles. The minimum atomic E-state index is 0.384. The van der Waals surface area contributed by atoms with Crippen LogP contribution in [0.25, 0.3) is 0 Å². The minimum Gasteiger partial charge on any atom is -0.463 e. The van der Waals surface area contributed by atoms with Crippen molar-refractivity contribution in [2.24, 2.45) is 10.3 Å². The molecule has 0 bridgehead atoms. The number of rotatable bonds is 8. The molecule has 24 heavy (non-hydrogen) atoms. The summed E-state index contributed by atoms with van der Waals surface area (Å²) in [5.74, 6) is 1.30. The van der Waals surface area contributed by atoms with Gasteiger partial charge in [0.05, 0.1) is 12.5 Å². The maximum absolute atomic E-state index is 5.22. The molecule has 1 aromatic carbocycles. The van der Waals surface area contributed by atoms with E-state index < -0.39 is 0 Å². The Morgan fingerprint density at radius 2 is 1.17 bits per heavy atom. The van der Waals surface area contributed by atoms with Crippen LogP contribution in [0, 0.1) is 0 Å². The van der Waals surface area contributed by atoms with Gasteiger partial charge in [0.2, 0.25) is 0 Å². The molecule has 2 aromatic heterocycles. The highest BCUT2D eigenvalue weighted by Gasteiger charge is 1.97. The van der Waals surface area contributed by atoms with Crippen molar-refractivity contribution in [2.45, 2.75) is 13.2 Å². The maximum atomic E-state index is 5.22. The first-order chi connectivity index (χ1) is 11.9. The van der Waals surface area contributed by atoms with Crippen LogP contribution in [0.2, 0.25) is 0 Å². The lowest BCUT2D eigenvalue weighted by molar-refractivity contribution is 0.129. The average Bonchev–Trinajstić information content (AvgIpc) is 3.30. The number of hydrogen-bond donors (Lipinski definition) is 0. The van der Waals surface area contributed by atoms with E-state index in [-0.39, 0.29) is 0 Å². The summed E-state index contributed by atoms with van der Waals surface area (Å²) in [6.45, 7) is 0.768. The highest BCUT2D eigenvalue weighted by atomic mass is 16.6. The molecule has 6 heteroatoms. The lowest BCUT2D eigenvalue weighted by atomic mass is 10.1. The van der Waals surface area contributed by atoms with Gasteiger partial charge in [0.1, 0.15) is 37.2 Å². The SMILES string of the molecule is C(=NOCc1ccc(CON=Cc2ccco2)cc1)c1ccco1. The molecule has 0 saturated carbocycles. The molecule has 0 amide bonds. The molecule has 0 N–H and O–H groups in total. The molecule has 2 heterocycles. The summed E-state index contributed by atoms with van der Waals surface area (Å²) in [5.41, 5.74) is 2.02. The first-order valence-electron chi connectivity index (χ1n) is 7.36. The lowest BCUT2D eigenvalue weighted by Gasteiger charge is -2.02. The normalized spacial score (nSPS) is 11.3. The molecule has 6 nitrogen and oxygen atoms in total. The third-order valence-corrected chi connectivity index (χ3v) is 3.08. The summed E-state index contributed by atoms with van der Waals surface area (Å²) in [5, 5.41) is 7.69. The third kappa shape index (κ3) is 4.88. The van der Waals surface area contributed by atoms with Crippen molar-refractivity contribution in [3.05, 3.63) is 83.7 Å². The fourth-order valence-corrected chi connectivity index (χ4v) is 1.86. The molecular formula is C18H16N2O4. The van der Waals surface area contributed by atoms with Crippen molar-refractivity contribution < 1.29 is 18.5 Å². The predicted molar refractivity (Wildman–Crippen MR) is 88.6 cm³/mol. The van der Waals surface area contributed by atoms with E-state index >= 15 is 0 Å². The molecule has 0 aliphatic rings. The Balaban J connectivity index is 1.40. The van der Waals surface area contributed by atoms with Gasteiger partial charge in [-0.3, -0.25) is 0 Å². The molecule has 0 aliphatic heterocycles. The van der Waals surface area contributed by atoms with E-state index in [0.29, 0.717) is 24.7 Å². The summed E-state index contributed by atoms with van der Waals surface area (Å²) in [6, 6.07) is 15.0. The molecule has 3 rings (SSSR count). The Kier molecular flexibility index (Phi) is 5.45. The van der Waals surface area contributed by atoms with Crippen LogP contribution < -0.4 is 0 Å². The molecule has 0 fully saturated rings. The standard InChI is InChI=1S/C18H16N2O4/c1-3-17(21-9-1)11-19-23-13-15-5-7-16(8-6-15)14-24-20-12-18-4-2-10-22-18/h1-12H,13-14H2. The van der Waals surface area contributed by atoms with Gasteiger partial charge in [-0.15, -0.1) is 0 Å². The Morgan fingerprint density at radius 3 is 1.54 bits per heavy atom. The van der Waals surface area contributed by atoms with Crippen LogP contribution >= 0.6 is 0 Å². The lowest BCUT2D eigenvalue weighted by Crippen LogP contribution is -1.91. The van der Waals surface area contributed by atoms with Crippen molar-refractivity contribution in [2.75, 3.05) is 0 Å². The van der Waals surface area contributed by atoms with E-state index in [9.17, 15) is 0 Å². The minimum absolute atomic E-state index is 0.384. The van der Waals surface area contributed by atoms with Gasteiger partial charge in [-0.25, -0.2) is 0 Å². The van der Waals surface area contributed by atoms with E-state index in [0.717, 1.165) is 11.1 Å². The average molecular weight is 324 g/mol. The van der Waals surface area contributed by atoms with Gasteiger partial charge >= 0.3 is 0 Å². The summed E-state index contributed by atoms with van der Waals surface area (Å²) in [7, 11) is 0. The first-order valence-corrected chi connectivity index (χ1v) is 7.36. The summed E-state index contributed by atoms with van der Waals surface area (Å²) >= 11 is 0. The topological polar surface area (TPSA) is 69.5 Å². The van der Waals surface area contributed by atoms with Crippen LogP contribution in [0.3, 0.4) is 0 Å². The Morgan fingerprint density at radius 1 is 0.708 bits per heavy atom. The van der Waals surface area contributed by atoms with E-state index in [4.69, 9.17) is 18.5 Å². The predicted octanol–water partition coefficient (Wildman–Crippen LogP) is 3.97. The van der Waals surface area contributed by atoms with Crippen LogP contribution in [-0.4, -0.2) is 12.4 Å². The van der Waals surface area contributed by atoms with Gasteiger partial charge in [0, 0.05) is 0 Å². The number of benzene rings is 1. The summed E-state index contributed by atoms with van der Waals surface area (Å²) in [6.07, 6.45) is 6.22. The molecule has 3 aromatic rings. The van der Waals surface area contributed by atoms with E-state index in [2.05, 4.69) is 10.3 Å². The van der Waals surface area contributed by atoms with Crippen molar-refractivity contribution in [1.29, 1.82) is 0 Å². The quantitative estimate of drug-likeness (QED) is 0.464. The molecule has 122 valence electrons. The van der Waals surface area contributed by atoms with Crippen molar-refractivity contribution >= 4 is 12.4 Å². The number of furan rings is 2. The number of nitrogens with zero attached hydrogens (tertiary/aromatic N) is 2. The molecule has 0 radical (unpaired) electrons. The van der Waals surface area contributed by atoms with Gasteiger partial charge < -0.3 is 18.5 Å². The molecular weight excluding hydrogens is 308 g/mol. The smallest absolute Gasteiger partial charge is 0.148 e. The molecule has 0 atom stereocenters. The fraction of sp³-hybridized carbons (Fsp3) is 0.111. The first kappa shape index (κ1) is 15.6. The van der Waals surface area contributed by atoms with E-state index in [1.54, 1.807) is 36.8 Å². The number of oxime groups is 2. The van der Waals surface area contributed by atoms with Crippen molar-refractivity contribution in [3.63, 3.8) is 0 Å². The van der Waals surface area contributed by atoms with Crippen molar-refractivity contribution in [1.82, 2.24) is 0 Å². The highest BCUT2D eigenvalue weighted by molar-refractivity contribution is 5.75. The Bertz CT molecular complexity index is 693. The van der Waals surface area contributed by atoms with Gasteiger partial charge in [0.15, 0.2) is 0 Å². The van der Waals surface area contributed by atoms with Crippen LogP contribution in [0.5, 0.6) is 0 Å². The maximum Gasteiger partial charge on any atom is 0.148 e. The zero-order chi connectivity index (χ0) is 16.5. The second kappa shape index (κ2) is 8.38. The number of hydrogen-bond acceptors (Lipinski definition) is 6. The Hall–Kier alpha value is -3.28. The van der Waals surface area contributed by atoms with Gasteiger partial charge in [-0.2, -0.15) is 0 Å². The fourth-order valence-electron chi connectivity index (χ4n) is 1.86. The molecule has 0 spiro atoms.